The molecular weight excluding hydrogens is 385 g/mol. The van der Waals surface area contributed by atoms with Crippen LogP contribution >= 0.6 is 12.4 Å². The first-order valence-corrected chi connectivity index (χ1v) is 9.03. The van der Waals surface area contributed by atoms with Gasteiger partial charge >= 0.3 is 5.97 Å². The molecule has 0 radical (unpaired) electrons. The fourth-order valence-corrected chi connectivity index (χ4v) is 3.22. The van der Waals surface area contributed by atoms with Crippen molar-refractivity contribution in [2.45, 2.75) is 31.7 Å². The minimum absolute atomic E-state index is 0. The Kier molecular flexibility index (Phi) is 7.96. The van der Waals surface area contributed by atoms with Crippen molar-refractivity contribution >= 4 is 24.2 Å². The Labute approximate surface area is 169 Å². The second kappa shape index (κ2) is 10.2. The second-order valence-corrected chi connectivity index (χ2v) is 6.58. The van der Waals surface area contributed by atoms with Crippen LogP contribution in [0.15, 0.2) is 42.5 Å². The Hall–Kier alpha value is -2.44. The topological polar surface area (TPSA) is 75.6 Å². The van der Waals surface area contributed by atoms with Crippen LogP contribution in [-0.4, -0.2) is 36.1 Å². The van der Waals surface area contributed by atoms with Crippen LogP contribution < -0.4 is 10.1 Å². The molecule has 1 aliphatic rings. The summed E-state index contributed by atoms with van der Waals surface area (Å²) in [6, 6.07) is 11.5. The number of carboxylic acids is 1. The van der Waals surface area contributed by atoms with Gasteiger partial charge in [-0.05, 0) is 43.1 Å². The van der Waals surface area contributed by atoms with Gasteiger partial charge in [0.2, 0.25) is 0 Å². The summed E-state index contributed by atoms with van der Waals surface area (Å²) < 4.78 is 20.1. The number of carboxylic acid groups (broad SMARTS) is 1. The van der Waals surface area contributed by atoms with Gasteiger partial charge in [0.25, 0.3) is 0 Å². The van der Waals surface area contributed by atoms with Crippen molar-refractivity contribution < 1.29 is 23.8 Å². The van der Waals surface area contributed by atoms with Crippen LogP contribution in [-0.2, 0) is 16.0 Å². The molecule has 0 spiro atoms. The summed E-state index contributed by atoms with van der Waals surface area (Å²) in [5.74, 6) is -0.729. The van der Waals surface area contributed by atoms with E-state index in [0.29, 0.717) is 29.7 Å². The number of aliphatic carboxylic acids is 1. The lowest BCUT2D eigenvalue weighted by atomic mass is 9.94. The Balaban J connectivity index is 0.00000280. The number of para-hydroxylation sites is 1. The predicted octanol–water partition coefficient (Wildman–Crippen LogP) is 3.63. The van der Waals surface area contributed by atoms with E-state index in [1.54, 1.807) is 36.4 Å². The SMILES string of the molecule is Cl.O=C(O)CCOc1ccccc1-c1cc(CC2NCCCC2=O)ccc1F. The van der Waals surface area contributed by atoms with E-state index in [1.807, 2.05) is 0 Å². The van der Waals surface area contributed by atoms with Crippen molar-refractivity contribution in [1.29, 1.82) is 0 Å². The Morgan fingerprint density at radius 3 is 2.75 bits per heavy atom. The quantitative estimate of drug-likeness (QED) is 0.733. The predicted molar refractivity (Wildman–Crippen MR) is 107 cm³/mol. The van der Waals surface area contributed by atoms with E-state index in [9.17, 15) is 14.0 Å². The summed E-state index contributed by atoms with van der Waals surface area (Å²) in [4.78, 5) is 22.7. The molecule has 5 nitrogen and oxygen atoms in total. The number of hydrogen-bond donors (Lipinski definition) is 2. The summed E-state index contributed by atoms with van der Waals surface area (Å²) >= 11 is 0. The number of hydrogen-bond acceptors (Lipinski definition) is 4. The number of piperidine rings is 1. The maximum absolute atomic E-state index is 14.5. The monoisotopic (exact) mass is 407 g/mol. The van der Waals surface area contributed by atoms with Crippen LogP contribution in [0.3, 0.4) is 0 Å². The Morgan fingerprint density at radius 2 is 2.00 bits per heavy atom. The van der Waals surface area contributed by atoms with Gasteiger partial charge < -0.3 is 15.2 Å². The van der Waals surface area contributed by atoms with Crippen molar-refractivity contribution in [2.75, 3.05) is 13.2 Å². The minimum Gasteiger partial charge on any atom is -0.492 e. The van der Waals surface area contributed by atoms with Gasteiger partial charge in [-0.15, -0.1) is 12.4 Å². The van der Waals surface area contributed by atoms with Crippen LogP contribution in [0, 0.1) is 5.82 Å². The van der Waals surface area contributed by atoms with Gasteiger partial charge in [0.1, 0.15) is 17.3 Å². The lowest BCUT2D eigenvalue weighted by Crippen LogP contribution is -2.43. The standard InChI is InChI=1S/C21H22FNO4.ClH/c22-17-8-7-14(13-18-19(24)5-3-10-23-18)12-16(17)15-4-1-2-6-20(15)27-11-9-21(25)26;/h1-2,4,6-8,12,18,23H,3,5,9-11,13H2,(H,25,26);1H. The second-order valence-electron chi connectivity index (χ2n) is 6.58. The third-order valence-electron chi connectivity index (χ3n) is 4.60. The summed E-state index contributed by atoms with van der Waals surface area (Å²) in [5, 5.41) is 12.0. The molecule has 7 heteroatoms. The van der Waals surface area contributed by atoms with Crippen LogP contribution in [0.1, 0.15) is 24.8 Å². The van der Waals surface area contributed by atoms with Gasteiger partial charge in [-0.3, -0.25) is 9.59 Å². The van der Waals surface area contributed by atoms with Gasteiger partial charge in [-0.25, -0.2) is 4.39 Å². The summed E-state index contributed by atoms with van der Waals surface area (Å²) in [7, 11) is 0. The molecule has 0 aromatic heterocycles. The zero-order chi connectivity index (χ0) is 19.2. The number of ether oxygens (including phenoxy) is 1. The molecule has 150 valence electrons. The first-order chi connectivity index (χ1) is 13.0. The first kappa shape index (κ1) is 21.9. The van der Waals surface area contributed by atoms with E-state index < -0.39 is 11.8 Å². The molecule has 28 heavy (non-hydrogen) atoms. The highest BCUT2D eigenvalue weighted by molar-refractivity contribution is 5.85. The molecule has 0 saturated carbocycles. The number of halogens is 2. The molecule has 2 N–H and O–H groups in total. The van der Waals surface area contributed by atoms with Gasteiger partial charge in [0, 0.05) is 17.5 Å². The summed E-state index contributed by atoms with van der Waals surface area (Å²) in [5.41, 5.74) is 1.80. The van der Waals surface area contributed by atoms with E-state index in [4.69, 9.17) is 9.84 Å². The average Bonchev–Trinajstić information content (AvgIpc) is 2.65. The smallest absolute Gasteiger partial charge is 0.306 e. The largest absolute Gasteiger partial charge is 0.492 e. The number of Topliss-reactive ketones (excluding diaryl/α,β-unsaturated/α-hetero) is 1. The van der Waals surface area contributed by atoms with Crippen molar-refractivity contribution in [3.05, 3.63) is 53.8 Å². The normalized spacial score (nSPS) is 16.3. The van der Waals surface area contributed by atoms with E-state index in [2.05, 4.69) is 5.32 Å². The van der Waals surface area contributed by atoms with E-state index in [0.717, 1.165) is 18.5 Å². The van der Waals surface area contributed by atoms with Crippen LogP contribution in [0.5, 0.6) is 5.75 Å². The van der Waals surface area contributed by atoms with Crippen LogP contribution in [0.4, 0.5) is 4.39 Å². The van der Waals surface area contributed by atoms with Gasteiger partial charge in [0.05, 0.1) is 19.1 Å². The van der Waals surface area contributed by atoms with E-state index >= 15 is 0 Å². The molecule has 0 aliphatic carbocycles. The molecule has 1 atom stereocenters. The maximum Gasteiger partial charge on any atom is 0.306 e. The van der Waals surface area contributed by atoms with E-state index in [1.165, 1.54) is 6.07 Å². The zero-order valence-electron chi connectivity index (χ0n) is 15.3. The lowest BCUT2D eigenvalue weighted by molar-refractivity contribution is -0.137. The highest BCUT2D eigenvalue weighted by Gasteiger charge is 2.22. The zero-order valence-corrected chi connectivity index (χ0v) is 16.1. The Bertz CT molecular complexity index is 843. The third kappa shape index (κ3) is 5.53. The molecule has 0 amide bonds. The molecule has 1 unspecified atom stereocenters. The molecule has 3 rings (SSSR count). The molecule has 2 aromatic rings. The van der Waals surface area contributed by atoms with Crippen LogP contribution in [0.25, 0.3) is 11.1 Å². The highest BCUT2D eigenvalue weighted by Crippen LogP contribution is 2.33. The summed E-state index contributed by atoms with van der Waals surface area (Å²) in [6.07, 6.45) is 1.80. The fourth-order valence-electron chi connectivity index (χ4n) is 3.22. The van der Waals surface area contributed by atoms with Crippen molar-refractivity contribution in [1.82, 2.24) is 5.32 Å². The molecule has 1 saturated heterocycles. The maximum atomic E-state index is 14.5. The van der Waals surface area contributed by atoms with Gasteiger partial charge in [-0.2, -0.15) is 0 Å². The van der Waals surface area contributed by atoms with E-state index in [-0.39, 0.29) is 37.3 Å². The molecule has 0 bridgehead atoms. The number of benzene rings is 2. The highest BCUT2D eigenvalue weighted by atomic mass is 35.5. The fraction of sp³-hybridized carbons (Fsp3) is 0.333. The number of ketones is 1. The molecular formula is C21H23ClFNO4. The first-order valence-electron chi connectivity index (χ1n) is 9.03. The number of carbonyl (C=O) groups is 2. The van der Waals surface area contributed by atoms with Crippen molar-refractivity contribution in [2.24, 2.45) is 0 Å². The number of carbonyl (C=O) groups excluding carboxylic acids is 1. The van der Waals surface area contributed by atoms with Crippen molar-refractivity contribution in [3.8, 4) is 16.9 Å². The van der Waals surface area contributed by atoms with Gasteiger partial charge in [-0.1, -0.05) is 24.3 Å². The molecule has 2 aromatic carbocycles. The van der Waals surface area contributed by atoms with Crippen molar-refractivity contribution in [3.63, 3.8) is 0 Å². The van der Waals surface area contributed by atoms with Crippen LogP contribution in [0.2, 0.25) is 0 Å². The summed E-state index contributed by atoms with van der Waals surface area (Å²) in [6.45, 7) is 0.818. The number of nitrogens with one attached hydrogen (secondary N) is 1. The van der Waals surface area contributed by atoms with Gasteiger partial charge in [0.15, 0.2) is 0 Å². The third-order valence-corrected chi connectivity index (χ3v) is 4.60. The molecule has 1 heterocycles. The Morgan fingerprint density at radius 1 is 1.21 bits per heavy atom. The number of rotatable bonds is 7. The lowest BCUT2D eigenvalue weighted by Gasteiger charge is -2.22. The molecule has 1 aliphatic heterocycles. The average molecular weight is 408 g/mol. The minimum atomic E-state index is -0.953. The molecule has 1 fully saturated rings.